The van der Waals surface area contributed by atoms with Gasteiger partial charge >= 0.3 is 5.97 Å². The van der Waals surface area contributed by atoms with Crippen LogP contribution in [0.5, 0.6) is 0 Å². The molecule has 1 aliphatic heterocycles. The average Bonchev–Trinajstić information content (AvgIpc) is 3.31. The predicted molar refractivity (Wildman–Crippen MR) is 104 cm³/mol. The van der Waals surface area contributed by atoms with Crippen molar-refractivity contribution in [1.29, 1.82) is 0 Å². The second kappa shape index (κ2) is 4.30. The molecule has 3 heteroatoms. The summed E-state index contributed by atoms with van der Waals surface area (Å²) in [5.41, 5.74) is 7.66. The number of thiophene rings is 1. The Kier molecular flexibility index (Phi) is 2.33. The highest BCUT2D eigenvalue weighted by Gasteiger charge is 2.71. The zero-order valence-corrected chi connectivity index (χ0v) is 16.5. The largest absolute Gasteiger partial charge is 0.461 e. The van der Waals surface area contributed by atoms with E-state index < -0.39 is 0 Å². The molecule has 8 aliphatic carbocycles. The molecule has 8 atom stereocenters. The summed E-state index contributed by atoms with van der Waals surface area (Å²) in [5.74, 6) is 5.19. The molecule has 4 unspecified atom stereocenters. The number of hydrogen-bond acceptors (Lipinski definition) is 3. The van der Waals surface area contributed by atoms with Crippen LogP contribution >= 0.6 is 11.3 Å². The molecule has 1 aromatic heterocycles. The highest BCUT2D eigenvalue weighted by atomic mass is 32.1. The Bertz CT molecular complexity index is 1010. The van der Waals surface area contributed by atoms with E-state index in [4.69, 9.17) is 4.74 Å². The normalized spacial score (nSPS) is 50.1. The minimum atomic E-state index is -0.0355. The average molecular weight is 377 g/mol. The maximum absolute atomic E-state index is 13.2. The van der Waals surface area contributed by atoms with Gasteiger partial charge in [-0.25, -0.2) is 0 Å². The van der Waals surface area contributed by atoms with Crippen LogP contribution in [-0.2, 0) is 14.9 Å². The molecule has 0 radical (unpaired) electrons. The van der Waals surface area contributed by atoms with Crippen LogP contribution in [0.15, 0.2) is 28.2 Å². The summed E-state index contributed by atoms with van der Waals surface area (Å²) in [5, 5.41) is 2.28. The summed E-state index contributed by atoms with van der Waals surface area (Å²) in [6, 6.07) is 2.33. The Labute approximate surface area is 163 Å². The lowest BCUT2D eigenvalue weighted by molar-refractivity contribution is -0.147. The molecule has 0 amide bonds. The lowest BCUT2D eigenvalue weighted by Gasteiger charge is -2.71. The van der Waals surface area contributed by atoms with E-state index in [1.165, 1.54) is 53.7 Å². The predicted octanol–water partition coefficient (Wildman–Crippen LogP) is 4.96. The highest BCUT2D eigenvalue weighted by Crippen LogP contribution is 2.77. The molecule has 8 bridgehead atoms. The number of rotatable bonds is 0. The van der Waals surface area contributed by atoms with Crippen LogP contribution in [0.4, 0.5) is 0 Å². The number of allylic oxidation sites excluding steroid dienone is 3. The van der Waals surface area contributed by atoms with Crippen LogP contribution in [0.1, 0.15) is 49.5 Å². The monoisotopic (exact) mass is 376 g/mol. The molecule has 4 saturated carbocycles. The standard InChI is InChI=1S/C24H24O2S/c1-10-13-2-3-27-22(13)24(21-19(10)9-26-23(21)25)12-7-15-14-4-11-5-17(15)20(24)18(6-11)16(14)8-12/h2-3,11-12,14-17,21H,4-9H2,1H3/t11?,12?,14?,15-,16+,17?,21+,24-/m0/s1. The van der Waals surface area contributed by atoms with E-state index in [1.54, 1.807) is 5.57 Å². The molecule has 10 rings (SSSR count). The minimum absolute atomic E-state index is 0.0180. The first kappa shape index (κ1) is 14.6. The van der Waals surface area contributed by atoms with Gasteiger partial charge in [-0.1, -0.05) is 11.1 Å². The summed E-state index contributed by atoms with van der Waals surface area (Å²) in [7, 11) is 0. The first-order valence-corrected chi connectivity index (χ1v) is 11.8. The van der Waals surface area contributed by atoms with E-state index in [2.05, 4.69) is 18.4 Å². The van der Waals surface area contributed by atoms with Gasteiger partial charge in [0.25, 0.3) is 0 Å². The molecular formula is C24H24O2S. The zero-order chi connectivity index (χ0) is 17.7. The molecule has 138 valence electrons. The van der Waals surface area contributed by atoms with Crippen molar-refractivity contribution < 1.29 is 9.53 Å². The molecule has 5 fully saturated rings. The first-order chi connectivity index (χ1) is 13.2. The molecule has 1 spiro atoms. The lowest BCUT2D eigenvalue weighted by Crippen LogP contribution is -2.65. The summed E-state index contributed by atoms with van der Waals surface area (Å²) in [4.78, 5) is 14.7. The smallest absolute Gasteiger partial charge is 0.314 e. The van der Waals surface area contributed by atoms with Gasteiger partial charge in [-0.2, -0.15) is 0 Å². The number of ether oxygens (including phenoxy) is 1. The van der Waals surface area contributed by atoms with Crippen LogP contribution in [0.3, 0.4) is 0 Å². The van der Waals surface area contributed by atoms with Gasteiger partial charge < -0.3 is 4.74 Å². The van der Waals surface area contributed by atoms with E-state index in [0.717, 1.165) is 29.6 Å². The first-order valence-electron chi connectivity index (χ1n) is 10.9. The topological polar surface area (TPSA) is 26.3 Å². The summed E-state index contributed by atoms with van der Waals surface area (Å²) >= 11 is 1.93. The van der Waals surface area contributed by atoms with Gasteiger partial charge in [0, 0.05) is 10.3 Å². The van der Waals surface area contributed by atoms with Crippen molar-refractivity contribution in [2.24, 2.45) is 41.4 Å². The van der Waals surface area contributed by atoms with Gasteiger partial charge in [0.15, 0.2) is 0 Å². The zero-order valence-electron chi connectivity index (χ0n) is 15.7. The van der Waals surface area contributed by atoms with E-state index in [-0.39, 0.29) is 17.3 Å². The van der Waals surface area contributed by atoms with Crippen molar-refractivity contribution >= 4 is 22.9 Å². The van der Waals surface area contributed by atoms with Crippen molar-refractivity contribution in [3.8, 4) is 0 Å². The van der Waals surface area contributed by atoms with Crippen LogP contribution in [0.2, 0.25) is 0 Å². The Morgan fingerprint density at radius 3 is 2.93 bits per heavy atom. The molecule has 0 N–H and O–H groups in total. The molecule has 9 aliphatic rings. The van der Waals surface area contributed by atoms with Crippen molar-refractivity contribution in [2.45, 2.75) is 44.4 Å². The van der Waals surface area contributed by atoms with Gasteiger partial charge in [0.2, 0.25) is 0 Å². The van der Waals surface area contributed by atoms with Crippen molar-refractivity contribution in [1.82, 2.24) is 0 Å². The third-order valence-electron chi connectivity index (χ3n) is 9.97. The number of cyclic esters (lactones) is 1. The van der Waals surface area contributed by atoms with Crippen molar-refractivity contribution in [3.05, 3.63) is 38.6 Å². The molecular weight excluding hydrogens is 352 g/mol. The summed E-state index contributed by atoms with van der Waals surface area (Å²) in [6.07, 6.45) is 6.95. The third kappa shape index (κ3) is 1.33. The van der Waals surface area contributed by atoms with E-state index in [0.29, 0.717) is 12.5 Å². The molecule has 0 aromatic carbocycles. The van der Waals surface area contributed by atoms with E-state index in [1.807, 2.05) is 16.9 Å². The maximum atomic E-state index is 13.2. The van der Waals surface area contributed by atoms with Gasteiger partial charge in [0.05, 0.1) is 5.92 Å². The molecule has 2 nitrogen and oxygen atoms in total. The second-order valence-corrected chi connectivity index (χ2v) is 11.3. The molecule has 1 saturated heterocycles. The quantitative estimate of drug-likeness (QED) is 0.473. The third-order valence-corrected chi connectivity index (χ3v) is 11.0. The summed E-state index contributed by atoms with van der Waals surface area (Å²) in [6.45, 7) is 2.76. The van der Waals surface area contributed by atoms with Crippen LogP contribution in [-0.4, -0.2) is 12.6 Å². The highest BCUT2D eigenvalue weighted by molar-refractivity contribution is 7.10. The number of esters is 1. The molecule has 1 aromatic rings. The number of carbonyl (C=O) groups is 1. The van der Waals surface area contributed by atoms with Crippen molar-refractivity contribution in [2.75, 3.05) is 6.61 Å². The molecule has 27 heavy (non-hydrogen) atoms. The number of fused-ring (bicyclic) bond motifs is 2. The fourth-order valence-electron chi connectivity index (χ4n) is 9.44. The Balaban J connectivity index is 1.51. The maximum Gasteiger partial charge on any atom is 0.314 e. The van der Waals surface area contributed by atoms with Gasteiger partial charge in [-0.05, 0) is 103 Å². The van der Waals surface area contributed by atoms with E-state index in [9.17, 15) is 4.79 Å². The Morgan fingerprint density at radius 2 is 2.00 bits per heavy atom. The Morgan fingerprint density at radius 1 is 1.11 bits per heavy atom. The summed E-state index contributed by atoms with van der Waals surface area (Å²) < 4.78 is 5.74. The molecule has 2 heterocycles. The van der Waals surface area contributed by atoms with Crippen LogP contribution < -0.4 is 0 Å². The minimum Gasteiger partial charge on any atom is -0.461 e. The Hall–Kier alpha value is -1.35. The van der Waals surface area contributed by atoms with Gasteiger partial charge in [-0.3, -0.25) is 4.79 Å². The van der Waals surface area contributed by atoms with Crippen molar-refractivity contribution in [3.63, 3.8) is 0 Å². The SMILES string of the molecule is CC1=C2COC(=O)[C@@H]2[C@]2(C3=C4CC5CC3[C@H]3CC2C[C@@H]4C3C5)c2sccc21. The lowest BCUT2D eigenvalue weighted by atomic mass is 9.33. The van der Waals surface area contributed by atoms with Gasteiger partial charge in [0.1, 0.15) is 6.61 Å². The number of hydrogen-bond donors (Lipinski definition) is 0. The fourth-order valence-corrected chi connectivity index (χ4v) is 10.7. The van der Waals surface area contributed by atoms with Gasteiger partial charge in [-0.15, -0.1) is 11.3 Å². The van der Waals surface area contributed by atoms with Crippen LogP contribution in [0.25, 0.3) is 5.57 Å². The second-order valence-electron chi connectivity index (χ2n) is 10.4. The van der Waals surface area contributed by atoms with Crippen LogP contribution in [0, 0.1) is 41.4 Å². The fraction of sp³-hybridized carbons (Fsp3) is 0.625. The number of carbonyl (C=O) groups excluding carboxylic acids is 1. The van der Waals surface area contributed by atoms with E-state index >= 15 is 0 Å².